The number of esters is 1. The molecular formula is C11H11BrO3. The minimum Gasteiger partial charge on any atom is -0.465 e. The highest BCUT2D eigenvalue weighted by molar-refractivity contribution is 9.11. The molecule has 0 spiro atoms. The summed E-state index contributed by atoms with van der Waals surface area (Å²) in [6.45, 7) is 4.11. The number of cyclic esters (lactones) is 1. The Morgan fingerprint density at radius 3 is 2.93 bits per heavy atom. The van der Waals surface area contributed by atoms with Crippen LogP contribution in [0.2, 0.25) is 0 Å². The van der Waals surface area contributed by atoms with Crippen LogP contribution in [0.5, 0.6) is 0 Å². The number of hydrogen-bond acceptors (Lipinski definition) is 3. The first-order valence-corrected chi connectivity index (χ1v) is 5.60. The highest BCUT2D eigenvalue weighted by Crippen LogP contribution is 2.43. The lowest BCUT2D eigenvalue weighted by Crippen LogP contribution is -2.33. The summed E-state index contributed by atoms with van der Waals surface area (Å²) < 4.78 is 5.84. The van der Waals surface area contributed by atoms with E-state index in [-0.39, 0.29) is 29.6 Å². The van der Waals surface area contributed by atoms with Crippen molar-refractivity contribution in [2.24, 2.45) is 23.7 Å². The third-order valence-electron chi connectivity index (χ3n) is 3.09. The van der Waals surface area contributed by atoms with Crippen molar-refractivity contribution in [3.05, 3.63) is 23.2 Å². The molecule has 1 heterocycles. The van der Waals surface area contributed by atoms with E-state index in [0.717, 1.165) is 10.8 Å². The standard InChI is InChI=1S/C11H11BrO3/c1-2-7-8(4-13)9(12)3-6-5-15-11(14)10(6)7/h2-4,6-8,10H,1,5H2/t6-,7+,8+,10+/m1/s1. The van der Waals surface area contributed by atoms with E-state index < -0.39 is 0 Å². The van der Waals surface area contributed by atoms with Crippen LogP contribution in [0.4, 0.5) is 0 Å². The summed E-state index contributed by atoms with van der Waals surface area (Å²) in [4.78, 5) is 22.5. The van der Waals surface area contributed by atoms with Gasteiger partial charge < -0.3 is 9.53 Å². The van der Waals surface area contributed by atoms with Crippen LogP contribution in [0.3, 0.4) is 0 Å². The van der Waals surface area contributed by atoms with Gasteiger partial charge in [-0.05, 0) is 0 Å². The largest absolute Gasteiger partial charge is 0.465 e. The first kappa shape index (κ1) is 10.6. The van der Waals surface area contributed by atoms with Crippen molar-refractivity contribution in [1.29, 1.82) is 0 Å². The molecule has 0 saturated carbocycles. The SMILES string of the molecule is C=C[C@@H]1[C@H]2C(=O)OC[C@H]2C=C(Br)[C@H]1C=O. The Hall–Kier alpha value is -0.900. The van der Waals surface area contributed by atoms with E-state index in [1.165, 1.54) is 0 Å². The molecule has 3 nitrogen and oxygen atoms in total. The number of carbonyl (C=O) groups is 2. The van der Waals surface area contributed by atoms with Gasteiger partial charge in [0.25, 0.3) is 0 Å². The second kappa shape index (κ2) is 3.93. The van der Waals surface area contributed by atoms with Crippen molar-refractivity contribution in [2.75, 3.05) is 6.61 Å². The van der Waals surface area contributed by atoms with Gasteiger partial charge in [-0.25, -0.2) is 0 Å². The van der Waals surface area contributed by atoms with Crippen molar-refractivity contribution < 1.29 is 14.3 Å². The van der Waals surface area contributed by atoms with Crippen molar-refractivity contribution in [3.8, 4) is 0 Å². The number of allylic oxidation sites excluding steroid dienone is 2. The van der Waals surface area contributed by atoms with Gasteiger partial charge >= 0.3 is 5.97 Å². The summed E-state index contributed by atoms with van der Waals surface area (Å²) >= 11 is 3.37. The molecule has 80 valence electrons. The molecule has 4 heteroatoms. The Balaban J connectivity index is 2.40. The number of fused-ring (bicyclic) bond motifs is 1. The minimum absolute atomic E-state index is 0.0751. The summed E-state index contributed by atoms with van der Waals surface area (Å²) in [6.07, 6.45) is 4.45. The first-order chi connectivity index (χ1) is 7.19. The predicted octanol–water partition coefficient (Wildman–Crippen LogP) is 1.69. The maximum Gasteiger partial charge on any atom is 0.310 e. The van der Waals surface area contributed by atoms with Crippen LogP contribution in [-0.2, 0) is 14.3 Å². The molecule has 0 unspecified atom stereocenters. The fraction of sp³-hybridized carbons (Fsp3) is 0.455. The van der Waals surface area contributed by atoms with Gasteiger partial charge in [-0.1, -0.05) is 28.1 Å². The molecule has 0 aromatic heterocycles. The predicted molar refractivity (Wildman–Crippen MR) is 58.2 cm³/mol. The number of ether oxygens (including phenoxy) is 1. The zero-order chi connectivity index (χ0) is 11.0. The van der Waals surface area contributed by atoms with E-state index in [9.17, 15) is 9.59 Å². The molecule has 1 aliphatic heterocycles. The molecule has 0 bridgehead atoms. The number of halogens is 1. The summed E-state index contributed by atoms with van der Waals surface area (Å²) in [7, 11) is 0. The van der Waals surface area contributed by atoms with E-state index in [0.29, 0.717) is 6.61 Å². The summed E-state index contributed by atoms with van der Waals surface area (Å²) in [5.41, 5.74) is 0. The molecule has 15 heavy (non-hydrogen) atoms. The third kappa shape index (κ3) is 1.57. The highest BCUT2D eigenvalue weighted by Gasteiger charge is 2.46. The van der Waals surface area contributed by atoms with Gasteiger partial charge in [0.1, 0.15) is 6.29 Å². The molecule has 0 N–H and O–H groups in total. The van der Waals surface area contributed by atoms with Crippen LogP contribution in [0.25, 0.3) is 0 Å². The lowest BCUT2D eigenvalue weighted by atomic mass is 9.72. The monoisotopic (exact) mass is 270 g/mol. The van der Waals surface area contributed by atoms with Crippen molar-refractivity contribution in [2.45, 2.75) is 0 Å². The summed E-state index contributed by atoms with van der Waals surface area (Å²) in [5, 5.41) is 0. The Morgan fingerprint density at radius 1 is 1.60 bits per heavy atom. The van der Waals surface area contributed by atoms with Crippen LogP contribution in [-0.4, -0.2) is 18.9 Å². The van der Waals surface area contributed by atoms with Crippen LogP contribution >= 0.6 is 15.9 Å². The summed E-state index contributed by atoms with van der Waals surface area (Å²) in [5.74, 6) is -0.825. The van der Waals surface area contributed by atoms with Crippen LogP contribution < -0.4 is 0 Å². The molecule has 1 fully saturated rings. The molecule has 1 saturated heterocycles. The zero-order valence-corrected chi connectivity index (χ0v) is 9.64. The number of hydrogen-bond donors (Lipinski definition) is 0. The lowest BCUT2D eigenvalue weighted by molar-refractivity contribution is -0.142. The maximum atomic E-state index is 11.5. The summed E-state index contributed by atoms with van der Waals surface area (Å²) in [6, 6.07) is 0. The Labute approximate surface area is 96.3 Å². The second-order valence-corrected chi connectivity index (χ2v) is 4.76. The topological polar surface area (TPSA) is 43.4 Å². The molecule has 0 amide bonds. The number of rotatable bonds is 2. The Morgan fingerprint density at radius 2 is 2.33 bits per heavy atom. The minimum atomic E-state index is -0.297. The molecule has 0 aromatic rings. The molecule has 0 aromatic carbocycles. The third-order valence-corrected chi connectivity index (χ3v) is 3.88. The van der Waals surface area contributed by atoms with Crippen LogP contribution in [0.1, 0.15) is 0 Å². The fourth-order valence-electron chi connectivity index (χ4n) is 2.32. The van der Waals surface area contributed by atoms with E-state index in [4.69, 9.17) is 4.74 Å². The molecule has 2 rings (SSSR count). The molecular weight excluding hydrogens is 260 g/mol. The van der Waals surface area contributed by atoms with Gasteiger partial charge in [0, 0.05) is 16.3 Å². The molecule has 2 aliphatic rings. The lowest BCUT2D eigenvalue weighted by Gasteiger charge is -2.30. The Kier molecular flexibility index (Phi) is 2.78. The Bertz CT molecular complexity index is 348. The molecule has 4 atom stereocenters. The van der Waals surface area contributed by atoms with E-state index in [1.54, 1.807) is 6.08 Å². The average Bonchev–Trinajstić information content (AvgIpc) is 2.58. The van der Waals surface area contributed by atoms with Gasteiger partial charge in [-0.15, -0.1) is 6.58 Å². The van der Waals surface area contributed by atoms with Gasteiger partial charge in [-0.2, -0.15) is 0 Å². The van der Waals surface area contributed by atoms with Gasteiger partial charge in [-0.3, -0.25) is 4.79 Å². The van der Waals surface area contributed by atoms with Crippen LogP contribution in [0.15, 0.2) is 23.2 Å². The maximum absolute atomic E-state index is 11.5. The van der Waals surface area contributed by atoms with E-state index >= 15 is 0 Å². The normalized spacial score (nSPS) is 39.0. The van der Waals surface area contributed by atoms with E-state index in [2.05, 4.69) is 22.5 Å². The second-order valence-electron chi connectivity index (χ2n) is 3.85. The van der Waals surface area contributed by atoms with E-state index in [1.807, 2.05) is 6.08 Å². The van der Waals surface area contributed by atoms with Crippen molar-refractivity contribution in [1.82, 2.24) is 0 Å². The van der Waals surface area contributed by atoms with Crippen LogP contribution in [0, 0.1) is 23.7 Å². The van der Waals surface area contributed by atoms with Gasteiger partial charge in [0.2, 0.25) is 0 Å². The molecule has 1 aliphatic carbocycles. The fourth-order valence-corrected chi connectivity index (χ4v) is 3.07. The zero-order valence-electron chi connectivity index (χ0n) is 8.06. The highest BCUT2D eigenvalue weighted by atomic mass is 79.9. The smallest absolute Gasteiger partial charge is 0.310 e. The van der Waals surface area contributed by atoms with Crippen molar-refractivity contribution in [3.63, 3.8) is 0 Å². The number of aldehydes is 1. The van der Waals surface area contributed by atoms with Crippen molar-refractivity contribution >= 4 is 28.2 Å². The average molecular weight is 271 g/mol. The van der Waals surface area contributed by atoms with Gasteiger partial charge in [0.05, 0.1) is 18.4 Å². The number of carbonyl (C=O) groups excluding carboxylic acids is 2. The molecule has 0 radical (unpaired) electrons. The first-order valence-electron chi connectivity index (χ1n) is 4.80. The quantitative estimate of drug-likeness (QED) is 0.436. The van der Waals surface area contributed by atoms with Gasteiger partial charge in [0.15, 0.2) is 0 Å².